The normalized spacial score (nSPS) is 8.25. The second kappa shape index (κ2) is 6.49. The van der Waals surface area contributed by atoms with Gasteiger partial charge in [-0.25, -0.2) is 0 Å². The van der Waals surface area contributed by atoms with Crippen LogP contribution in [0.5, 0.6) is 5.75 Å². The quantitative estimate of drug-likeness (QED) is 0.594. The highest BCUT2D eigenvalue weighted by atomic mass is 16.3. The number of nitrogens with one attached hydrogen (secondary N) is 1. The molecule has 0 heterocycles. The molecule has 1 aromatic rings. The summed E-state index contributed by atoms with van der Waals surface area (Å²) in [5.41, 5.74) is 5.77. The highest BCUT2D eigenvalue weighted by molar-refractivity contribution is 5.46. The monoisotopic (exact) mass is 168 g/mol. The van der Waals surface area contributed by atoms with E-state index in [4.69, 9.17) is 10.8 Å². The first kappa shape index (κ1) is 10.8. The largest absolute Gasteiger partial charge is 0.508 e. The number of hydrogen-bond acceptors (Lipinski definition) is 3. The van der Waals surface area contributed by atoms with Crippen LogP contribution in [0.4, 0.5) is 5.69 Å². The first-order chi connectivity index (χ1) is 5.74. The predicted molar refractivity (Wildman–Crippen MR) is 52.4 cm³/mol. The number of anilines is 1. The van der Waals surface area contributed by atoms with Crippen LogP contribution in [0.25, 0.3) is 0 Å². The van der Waals surface area contributed by atoms with Gasteiger partial charge in [-0.05, 0) is 18.7 Å². The molecule has 3 nitrogen and oxygen atoms in total. The van der Waals surface area contributed by atoms with Crippen molar-refractivity contribution in [3.05, 3.63) is 24.3 Å². The van der Waals surface area contributed by atoms with Crippen molar-refractivity contribution in [3.63, 3.8) is 0 Å². The smallest absolute Gasteiger partial charge is 0.117 e. The molecular formula is C9H16N2O. The molecule has 0 aliphatic rings. The SMILES string of the molecule is CCN.CNc1cccc(O)c1. The number of hydrogen-bond donors (Lipinski definition) is 3. The third kappa shape index (κ3) is 4.57. The van der Waals surface area contributed by atoms with Crippen molar-refractivity contribution < 1.29 is 5.11 Å². The van der Waals surface area contributed by atoms with Gasteiger partial charge in [0.2, 0.25) is 0 Å². The lowest BCUT2D eigenvalue weighted by molar-refractivity contribution is 0.475. The number of rotatable bonds is 1. The summed E-state index contributed by atoms with van der Waals surface area (Å²) in [6, 6.07) is 6.99. The highest BCUT2D eigenvalue weighted by Crippen LogP contribution is 2.13. The van der Waals surface area contributed by atoms with Crippen molar-refractivity contribution >= 4 is 5.69 Å². The molecule has 4 N–H and O–H groups in total. The fourth-order valence-corrected chi connectivity index (χ4v) is 0.661. The summed E-state index contributed by atoms with van der Waals surface area (Å²) in [7, 11) is 1.81. The Morgan fingerprint density at radius 1 is 1.50 bits per heavy atom. The molecule has 0 spiro atoms. The van der Waals surface area contributed by atoms with Gasteiger partial charge in [-0.2, -0.15) is 0 Å². The van der Waals surface area contributed by atoms with E-state index in [-0.39, 0.29) is 0 Å². The number of phenolic OH excluding ortho intramolecular Hbond substituents is 1. The first-order valence-corrected chi connectivity index (χ1v) is 3.91. The van der Waals surface area contributed by atoms with Gasteiger partial charge in [0.15, 0.2) is 0 Å². The summed E-state index contributed by atoms with van der Waals surface area (Å²) in [5, 5.41) is 11.8. The number of phenols is 1. The van der Waals surface area contributed by atoms with E-state index in [0.29, 0.717) is 5.75 Å². The molecule has 0 aromatic heterocycles. The maximum absolute atomic E-state index is 8.90. The molecule has 0 aliphatic carbocycles. The van der Waals surface area contributed by atoms with E-state index in [1.165, 1.54) is 0 Å². The second-order valence-electron chi connectivity index (χ2n) is 2.21. The Balaban J connectivity index is 0.000000354. The molecule has 68 valence electrons. The van der Waals surface area contributed by atoms with Crippen molar-refractivity contribution in [3.8, 4) is 5.75 Å². The molecule has 0 aliphatic heterocycles. The minimum atomic E-state index is 0.293. The van der Waals surface area contributed by atoms with Crippen LogP contribution in [0, 0.1) is 0 Å². The van der Waals surface area contributed by atoms with Crippen molar-refractivity contribution in [2.75, 3.05) is 18.9 Å². The Morgan fingerprint density at radius 2 is 2.08 bits per heavy atom. The van der Waals surface area contributed by atoms with Crippen LogP contribution in [0.2, 0.25) is 0 Å². The molecule has 0 bridgehead atoms. The molecule has 1 rings (SSSR count). The Morgan fingerprint density at radius 3 is 2.42 bits per heavy atom. The lowest BCUT2D eigenvalue weighted by Crippen LogP contribution is -1.87. The van der Waals surface area contributed by atoms with Crippen LogP contribution in [-0.2, 0) is 0 Å². The van der Waals surface area contributed by atoms with Gasteiger partial charge in [0, 0.05) is 18.8 Å². The molecule has 0 amide bonds. The van der Waals surface area contributed by atoms with Crippen molar-refractivity contribution in [1.29, 1.82) is 0 Å². The van der Waals surface area contributed by atoms with E-state index >= 15 is 0 Å². The topological polar surface area (TPSA) is 58.3 Å². The first-order valence-electron chi connectivity index (χ1n) is 3.91. The third-order valence-corrected chi connectivity index (χ3v) is 1.13. The standard InChI is InChI=1S/C7H9NO.C2H7N/c1-8-6-3-2-4-7(9)5-6;1-2-3/h2-5,8-9H,1H3;2-3H2,1H3. The summed E-state index contributed by atoms with van der Waals surface area (Å²) in [6.45, 7) is 2.65. The average Bonchev–Trinajstić information content (AvgIpc) is 2.06. The Kier molecular flexibility index (Phi) is 5.83. The van der Waals surface area contributed by atoms with E-state index in [0.717, 1.165) is 12.2 Å². The number of benzene rings is 1. The van der Waals surface area contributed by atoms with Gasteiger partial charge in [0.25, 0.3) is 0 Å². The summed E-state index contributed by atoms with van der Waals surface area (Å²) in [5.74, 6) is 0.293. The molecule has 1 aromatic carbocycles. The van der Waals surface area contributed by atoms with Gasteiger partial charge in [0.05, 0.1) is 0 Å². The molecular weight excluding hydrogens is 152 g/mol. The van der Waals surface area contributed by atoms with Gasteiger partial charge in [0.1, 0.15) is 5.75 Å². The van der Waals surface area contributed by atoms with Crippen molar-refractivity contribution in [1.82, 2.24) is 0 Å². The molecule has 0 unspecified atom stereocenters. The van der Waals surface area contributed by atoms with Gasteiger partial charge < -0.3 is 16.2 Å². The van der Waals surface area contributed by atoms with E-state index < -0.39 is 0 Å². The third-order valence-electron chi connectivity index (χ3n) is 1.13. The zero-order valence-electron chi connectivity index (χ0n) is 7.54. The van der Waals surface area contributed by atoms with Crippen LogP contribution >= 0.6 is 0 Å². The van der Waals surface area contributed by atoms with Crippen molar-refractivity contribution in [2.24, 2.45) is 5.73 Å². The molecule has 0 saturated carbocycles. The zero-order chi connectivity index (χ0) is 9.40. The minimum Gasteiger partial charge on any atom is -0.508 e. The Hall–Kier alpha value is -1.22. The van der Waals surface area contributed by atoms with Gasteiger partial charge >= 0.3 is 0 Å². The van der Waals surface area contributed by atoms with Gasteiger partial charge in [-0.15, -0.1) is 0 Å². The summed E-state index contributed by atoms with van der Waals surface area (Å²) in [4.78, 5) is 0. The maximum Gasteiger partial charge on any atom is 0.117 e. The molecule has 0 fully saturated rings. The fourth-order valence-electron chi connectivity index (χ4n) is 0.661. The number of nitrogens with two attached hydrogens (primary N) is 1. The predicted octanol–water partition coefficient (Wildman–Crippen LogP) is 1.40. The fraction of sp³-hybridized carbons (Fsp3) is 0.333. The maximum atomic E-state index is 8.90. The minimum absolute atomic E-state index is 0.293. The zero-order valence-corrected chi connectivity index (χ0v) is 7.54. The molecule has 0 radical (unpaired) electrons. The van der Waals surface area contributed by atoms with Crippen LogP contribution in [-0.4, -0.2) is 18.7 Å². The lowest BCUT2D eigenvalue weighted by atomic mass is 10.3. The number of aromatic hydroxyl groups is 1. The van der Waals surface area contributed by atoms with E-state index in [1.54, 1.807) is 18.2 Å². The molecule has 0 atom stereocenters. The van der Waals surface area contributed by atoms with E-state index in [1.807, 2.05) is 20.0 Å². The lowest BCUT2D eigenvalue weighted by Gasteiger charge is -1.97. The molecule has 0 saturated heterocycles. The van der Waals surface area contributed by atoms with Gasteiger partial charge in [-0.3, -0.25) is 0 Å². The summed E-state index contributed by atoms with van der Waals surface area (Å²) in [6.07, 6.45) is 0. The van der Waals surface area contributed by atoms with Crippen LogP contribution in [0.1, 0.15) is 6.92 Å². The van der Waals surface area contributed by atoms with Crippen LogP contribution < -0.4 is 11.1 Å². The van der Waals surface area contributed by atoms with Crippen molar-refractivity contribution in [2.45, 2.75) is 6.92 Å². The highest BCUT2D eigenvalue weighted by Gasteiger charge is 1.86. The second-order valence-corrected chi connectivity index (χ2v) is 2.21. The van der Waals surface area contributed by atoms with E-state index in [2.05, 4.69) is 5.32 Å². The Labute approximate surface area is 73.2 Å². The molecule has 12 heavy (non-hydrogen) atoms. The average molecular weight is 168 g/mol. The molecule has 3 heteroatoms. The van der Waals surface area contributed by atoms with E-state index in [9.17, 15) is 0 Å². The summed E-state index contributed by atoms with van der Waals surface area (Å²) >= 11 is 0. The van der Waals surface area contributed by atoms with Crippen LogP contribution in [0.3, 0.4) is 0 Å². The summed E-state index contributed by atoms with van der Waals surface area (Å²) < 4.78 is 0. The Bertz CT molecular complexity index is 213. The van der Waals surface area contributed by atoms with Gasteiger partial charge in [-0.1, -0.05) is 13.0 Å². The van der Waals surface area contributed by atoms with Crippen LogP contribution in [0.15, 0.2) is 24.3 Å².